The number of carbonyl (C=O) groups is 2. The van der Waals surface area contributed by atoms with Gasteiger partial charge in [0.1, 0.15) is 11.7 Å². The van der Waals surface area contributed by atoms with Crippen LogP contribution in [0.3, 0.4) is 0 Å². The van der Waals surface area contributed by atoms with Gasteiger partial charge in [0.05, 0.1) is 19.1 Å². The maximum atomic E-state index is 12.6. The van der Waals surface area contributed by atoms with Gasteiger partial charge in [-0.25, -0.2) is 0 Å². The van der Waals surface area contributed by atoms with Crippen molar-refractivity contribution < 1.29 is 24.2 Å². The Hall–Kier alpha value is -1.72. The molecule has 0 unspecified atom stereocenters. The van der Waals surface area contributed by atoms with Crippen molar-refractivity contribution in [3.63, 3.8) is 0 Å². The number of aliphatic hydroxyl groups is 1. The van der Waals surface area contributed by atoms with E-state index < -0.39 is 29.7 Å². The second-order valence-corrected chi connectivity index (χ2v) is 6.55. The number of benzene rings is 1. The first-order valence-corrected chi connectivity index (χ1v) is 8.01. The van der Waals surface area contributed by atoms with Crippen LogP contribution in [0.15, 0.2) is 30.3 Å². The van der Waals surface area contributed by atoms with Crippen molar-refractivity contribution in [3.05, 3.63) is 35.9 Å². The molecule has 2 aliphatic rings. The fraction of sp³-hybridized carbons (Fsp3) is 0.556. The summed E-state index contributed by atoms with van der Waals surface area (Å²) in [5, 5.41) is 10.8. The predicted octanol–water partition coefficient (Wildman–Crippen LogP) is 2.24. The summed E-state index contributed by atoms with van der Waals surface area (Å²) < 4.78 is 10.7. The zero-order chi connectivity index (χ0) is 16.6. The van der Waals surface area contributed by atoms with E-state index in [0.717, 1.165) is 12.0 Å². The van der Waals surface area contributed by atoms with Crippen LogP contribution in [0.2, 0.25) is 0 Å². The maximum absolute atomic E-state index is 12.6. The van der Waals surface area contributed by atoms with Gasteiger partial charge in [-0.15, -0.1) is 0 Å². The van der Waals surface area contributed by atoms with E-state index in [4.69, 9.17) is 9.47 Å². The number of esters is 1. The average molecular weight is 318 g/mol. The Morgan fingerprint density at radius 1 is 1.35 bits per heavy atom. The summed E-state index contributed by atoms with van der Waals surface area (Å²) in [6, 6.07) is 9.42. The number of hydrogen-bond acceptors (Lipinski definition) is 5. The summed E-state index contributed by atoms with van der Waals surface area (Å²) in [6.07, 6.45) is 1.39. The van der Waals surface area contributed by atoms with Gasteiger partial charge in [-0.05, 0) is 31.2 Å². The average Bonchev–Trinajstić information content (AvgIpc) is 2.53. The van der Waals surface area contributed by atoms with Crippen molar-refractivity contribution >= 4 is 11.8 Å². The molecule has 3 rings (SSSR count). The minimum absolute atomic E-state index is 0.0968. The number of fused-ring (bicyclic) bond motifs is 1. The lowest BCUT2D eigenvalue weighted by molar-refractivity contribution is -0.301. The highest BCUT2D eigenvalue weighted by atomic mass is 16.6. The van der Waals surface area contributed by atoms with Gasteiger partial charge in [0.25, 0.3) is 0 Å². The smallest absolute Gasteiger partial charge is 0.314 e. The molecule has 124 valence electrons. The topological polar surface area (TPSA) is 72.8 Å². The second-order valence-electron chi connectivity index (χ2n) is 6.55. The monoisotopic (exact) mass is 318 g/mol. The first-order valence-electron chi connectivity index (χ1n) is 8.01. The van der Waals surface area contributed by atoms with Crippen LogP contribution in [-0.4, -0.2) is 29.8 Å². The number of rotatable bonds is 2. The molecule has 5 nitrogen and oxygen atoms in total. The SMILES string of the molecule is COC(=O)[C@H]1[C@H]2CCCC(=O)[C@@H]2[C@@H](c2ccccc2)O[C@]1(C)O. The Morgan fingerprint density at radius 2 is 2.04 bits per heavy atom. The molecule has 1 aliphatic carbocycles. The lowest BCUT2D eigenvalue weighted by Gasteiger charge is -2.50. The quantitative estimate of drug-likeness (QED) is 0.847. The van der Waals surface area contributed by atoms with E-state index in [-0.39, 0.29) is 11.7 Å². The molecule has 0 aromatic heterocycles. The Balaban J connectivity index is 2.04. The van der Waals surface area contributed by atoms with E-state index >= 15 is 0 Å². The molecule has 0 radical (unpaired) electrons. The molecular formula is C18H22O5. The number of Topliss-reactive ketones (excluding diaryl/α,β-unsaturated/α-hetero) is 1. The van der Waals surface area contributed by atoms with Crippen LogP contribution in [0.4, 0.5) is 0 Å². The van der Waals surface area contributed by atoms with Gasteiger partial charge in [-0.2, -0.15) is 0 Å². The molecule has 23 heavy (non-hydrogen) atoms. The molecule has 1 heterocycles. The molecule has 0 bridgehead atoms. The van der Waals surface area contributed by atoms with Crippen molar-refractivity contribution in [2.24, 2.45) is 17.8 Å². The lowest BCUT2D eigenvalue weighted by Crippen LogP contribution is -2.57. The number of carbonyl (C=O) groups excluding carboxylic acids is 2. The van der Waals surface area contributed by atoms with Crippen LogP contribution >= 0.6 is 0 Å². The highest BCUT2D eigenvalue weighted by Crippen LogP contribution is 2.51. The minimum atomic E-state index is -1.66. The molecule has 0 amide bonds. The summed E-state index contributed by atoms with van der Waals surface area (Å²) >= 11 is 0. The van der Waals surface area contributed by atoms with Gasteiger partial charge in [0.2, 0.25) is 0 Å². The first kappa shape index (κ1) is 16.1. The molecule has 1 aliphatic heterocycles. The van der Waals surface area contributed by atoms with Crippen LogP contribution in [0.5, 0.6) is 0 Å². The molecule has 1 N–H and O–H groups in total. The summed E-state index contributed by atoms with van der Waals surface area (Å²) in [6.45, 7) is 1.49. The number of ketones is 1. The number of methoxy groups -OCH3 is 1. The largest absolute Gasteiger partial charge is 0.469 e. The lowest BCUT2D eigenvalue weighted by atomic mass is 9.64. The van der Waals surface area contributed by atoms with E-state index in [9.17, 15) is 14.7 Å². The van der Waals surface area contributed by atoms with Gasteiger partial charge in [0, 0.05) is 6.42 Å². The molecule has 1 saturated carbocycles. The van der Waals surface area contributed by atoms with Crippen LogP contribution in [0, 0.1) is 17.8 Å². The fourth-order valence-electron chi connectivity index (χ4n) is 4.10. The van der Waals surface area contributed by atoms with Crippen molar-refractivity contribution in [1.82, 2.24) is 0 Å². The molecule has 2 fully saturated rings. The first-order chi connectivity index (χ1) is 11.0. The van der Waals surface area contributed by atoms with E-state index in [0.29, 0.717) is 12.8 Å². The van der Waals surface area contributed by atoms with Crippen molar-refractivity contribution in [2.75, 3.05) is 7.11 Å². The molecule has 1 aromatic carbocycles. The van der Waals surface area contributed by atoms with E-state index in [1.165, 1.54) is 14.0 Å². The van der Waals surface area contributed by atoms with Crippen molar-refractivity contribution in [1.29, 1.82) is 0 Å². The van der Waals surface area contributed by atoms with Crippen molar-refractivity contribution in [3.8, 4) is 0 Å². The Morgan fingerprint density at radius 3 is 2.70 bits per heavy atom. The Bertz CT molecular complexity index is 595. The van der Waals surface area contributed by atoms with Gasteiger partial charge in [-0.1, -0.05) is 30.3 Å². The summed E-state index contributed by atoms with van der Waals surface area (Å²) in [4.78, 5) is 24.8. The van der Waals surface area contributed by atoms with Gasteiger partial charge in [0.15, 0.2) is 5.79 Å². The predicted molar refractivity (Wildman–Crippen MR) is 82.2 cm³/mol. The third kappa shape index (κ3) is 2.79. The third-order valence-electron chi connectivity index (χ3n) is 5.07. The van der Waals surface area contributed by atoms with Crippen LogP contribution < -0.4 is 0 Å². The third-order valence-corrected chi connectivity index (χ3v) is 5.07. The fourth-order valence-corrected chi connectivity index (χ4v) is 4.10. The van der Waals surface area contributed by atoms with E-state index in [2.05, 4.69) is 0 Å². The molecule has 1 aromatic rings. The molecule has 0 spiro atoms. The van der Waals surface area contributed by atoms with E-state index in [1.54, 1.807) is 0 Å². The van der Waals surface area contributed by atoms with Gasteiger partial charge in [-0.3, -0.25) is 9.59 Å². The normalized spacial score (nSPS) is 37.1. The standard InChI is InChI=1S/C18H22O5/c1-18(21)15(17(20)22-2)12-9-6-10-13(19)14(12)16(23-18)11-7-4-3-5-8-11/h3-5,7-8,12,14-16,21H,6,9-10H2,1-2H3/t12-,14+,15+,16+,18-/m0/s1. The minimum Gasteiger partial charge on any atom is -0.469 e. The van der Waals surface area contributed by atoms with Crippen LogP contribution in [0.25, 0.3) is 0 Å². The second kappa shape index (κ2) is 6.06. The summed E-state index contributed by atoms with van der Waals surface area (Å²) in [5.41, 5.74) is 0.848. The van der Waals surface area contributed by atoms with Gasteiger partial charge < -0.3 is 14.6 Å². The molecule has 5 atom stereocenters. The molecular weight excluding hydrogens is 296 g/mol. The zero-order valence-electron chi connectivity index (χ0n) is 13.4. The Kier molecular flexibility index (Phi) is 4.25. The summed E-state index contributed by atoms with van der Waals surface area (Å²) in [5.74, 6) is -3.62. The zero-order valence-corrected chi connectivity index (χ0v) is 13.4. The van der Waals surface area contributed by atoms with Crippen LogP contribution in [-0.2, 0) is 19.1 Å². The van der Waals surface area contributed by atoms with Gasteiger partial charge >= 0.3 is 5.97 Å². The number of ether oxygens (including phenoxy) is 2. The highest BCUT2D eigenvalue weighted by Gasteiger charge is 2.57. The van der Waals surface area contributed by atoms with Crippen molar-refractivity contribution in [2.45, 2.75) is 38.1 Å². The molecule has 5 heteroatoms. The Labute approximate surface area is 135 Å². The van der Waals surface area contributed by atoms with Crippen LogP contribution in [0.1, 0.15) is 37.9 Å². The molecule has 1 saturated heterocycles. The van der Waals surface area contributed by atoms with E-state index in [1.807, 2.05) is 30.3 Å². The maximum Gasteiger partial charge on any atom is 0.314 e. The number of hydrogen-bond donors (Lipinski definition) is 1. The highest BCUT2D eigenvalue weighted by molar-refractivity contribution is 5.85. The summed E-state index contributed by atoms with van der Waals surface area (Å²) in [7, 11) is 1.29.